The number of aromatic nitrogens is 3. The first-order chi connectivity index (χ1) is 34.3. The first-order valence-electron chi connectivity index (χ1n) is 24.4. The van der Waals surface area contributed by atoms with Crippen molar-refractivity contribution < 1.29 is 32.6 Å². The average Bonchev–Trinajstić information content (AvgIpc) is 3.96. The molecule has 0 spiro atoms. The van der Waals surface area contributed by atoms with Crippen molar-refractivity contribution in [2.45, 2.75) is 110 Å². The van der Waals surface area contributed by atoms with E-state index in [1.165, 1.54) is 16.7 Å². The number of hydrogen-bond donors (Lipinski definition) is 6. The minimum Gasteiger partial charge on any atom is -0.495 e. The van der Waals surface area contributed by atoms with Crippen molar-refractivity contribution in [2.75, 3.05) is 54.9 Å². The summed E-state index contributed by atoms with van der Waals surface area (Å²) >= 11 is 8.02. The van der Waals surface area contributed by atoms with E-state index in [0.717, 1.165) is 73.3 Å². The van der Waals surface area contributed by atoms with E-state index < -0.39 is 33.6 Å². The van der Waals surface area contributed by atoms with Crippen LogP contribution >= 0.6 is 22.9 Å². The van der Waals surface area contributed by atoms with Gasteiger partial charge >= 0.3 is 0 Å². The van der Waals surface area contributed by atoms with E-state index >= 15 is 0 Å². The number of halogens is 1. The lowest BCUT2D eigenvalue weighted by Crippen LogP contribution is -2.57. The van der Waals surface area contributed by atoms with Crippen LogP contribution in [-0.4, -0.2) is 114 Å². The third kappa shape index (κ3) is 14.2. The molecule has 3 aromatic carbocycles. The normalized spacial score (nSPS) is 17.5. The number of unbranched alkanes of at least 4 members (excludes halogenated alkanes) is 2. The minimum absolute atomic E-state index is 0.0159. The second-order valence-corrected chi connectivity index (χ2v) is 22.8. The van der Waals surface area contributed by atoms with Gasteiger partial charge in [-0.3, -0.25) is 19.1 Å². The molecule has 20 heteroatoms. The van der Waals surface area contributed by atoms with Crippen LogP contribution in [0.5, 0.6) is 5.75 Å². The van der Waals surface area contributed by atoms with Crippen molar-refractivity contribution in [1.82, 2.24) is 35.4 Å². The molecule has 0 radical (unpaired) electrons. The molecule has 4 atom stereocenters. The molecule has 17 nitrogen and oxygen atoms in total. The molecule has 4 unspecified atom stereocenters. The number of β-amino-alcohol motifs (C(OH)–C–C–N with tert-alkyl or cyclic N) is 1. The first kappa shape index (κ1) is 53.9. The standard InChI is InChI=1S/C52H67ClN10O7S2/c1-32(34-16-18-36(19-17-34)46-33(2)55-31-71-46)56-49(66)43-28-38(64)30-63(43)50(67)47(52(3,4)5)59-45(65)15-9-8-12-24-62-25-22-35(23-26-62)37-20-21-42(44(27-37)70-6)58-51-54-29-39(53)48(60-51)57-40-13-10-11-14-41(40)61-72(7,68)69/h10-11,13-14,16-21,27,29,31-32,35,38,43,47,61,64H,8-9,12,15,22-26,28,30H2,1-7H3,(H,56,66)(H,59,65)(H2,54,57,58,60). The fourth-order valence-corrected chi connectivity index (χ4v) is 10.8. The van der Waals surface area contributed by atoms with Gasteiger partial charge in [-0.15, -0.1) is 11.3 Å². The molecule has 5 aromatic rings. The number of sulfonamides is 1. The maximum absolute atomic E-state index is 14.2. The van der Waals surface area contributed by atoms with E-state index in [2.05, 4.69) is 51.9 Å². The number of methoxy groups -OCH3 is 1. The maximum Gasteiger partial charge on any atom is 0.246 e. The number of nitrogens with one attached hydrogen (secondary N) is 5. The second-order valence-electron chi connectivity index (χ2n) is 19.8. The molecule has 6 N–H and O–H groups in total. The number of thiazole rings is 1. The molecule has 4 heterocycles. The molecular weight excluding hydrogens is 976 g/mol. The molecule has 2 aliphatic heterocycles. The Morgan fingerprint density at radius 2 is 1.67 bits per heavy atom. The summed E-state index contributed by atoms with van der Waals surface area (Å²) in [6.07, 6.45) is 6.55. The Morgan fingerprint density at radius 1 is 0.944 bits per heavy atom. The van der Waals surface area contributed by atoms with Crippen LogP contribution in [0.2, 0.25) is 5.02 Å². The number of aliphatic hydroxyl groups is 1. The molecular formula is C52H67ClN10O7S2. The summed E-state index contributed by atoms with van der Waals surface area (Å²) in [6, 6.07) is 18.8. The second kappa shape index (κ2) is 23.8. The van der Waals surface area contributed by atoms with Gasteiger partial charge in [0.2, 0.25) is 33.7 Å². The third-order valence-corrected chi connectivity index (χ3v) is 15.0. The SMILES string of the molecule is COc1cc(C2CCN(CCCCCC(=O)NC(C(=O)N3CC(O)CC3C(=O)NC(C)c3ccc(-c4scnc4C)cc3)C(C)(C)C)CC2)ccc1Nc1ncc(Cl)c(Nc2ccccc2NS(C)(=O)=O)n1. The molecule has 0 bridgehead atoms. The van der Waals surface area contributed by atoms with Crippen LogP contribution in [0.1, 0.15) is 101 Å². The molecule has 2 fully saturated rings. The van der Waals surface area contributed by atoms with Gasteiger partial charge in [0.05, 0.1) is 64.9 Å². The van der Waals surface area contributed by atoms with Gasteiger partial charge in [0.1, 0.15) is 22.9 Å². The number of piperidine rings is 1. The number of benzene rings is 3. The summed E-state index contributed by atoms with van der Waals surface area (Å²) in [5.74, 6) is 0.621. The number of carbonyl (C=O) groups is 3. The number of carbonyl (C=O) groups excluding carboxylic acids is 3. The summed E-state index contributed by atoms with van der Waals surface area (Å²) in [5, 5.41) is 23.3. The number of rotatable bonds is 20. The van der Waals surface area contributed by atoms with E-state index in [1.54, 1.807) is 42.7 Å². The molecule has 0 aliphatic carbocycles. The number of aryl methyl sites for hydroxylation is 1. The van der Waals surface area contributed by atoms with Crippen LogP contribution in [0.25, 0.3) is 10.4 Å². The Hall–Kier alpha value is -5.86. The molecule has 386 valence electrons. The van der Waals surface area contributed by atoms with E-state index in [9.17, 15) is 27.9 Å². The van der Waals surface area contributed by atoms with Crippen molar-refractivity contribution in [3.05, 3.63) is 100 Å². The van der Waals surface area contributed by atoms with Crippen molar-refractivity contribution in [1.29, 1.82) is 0 Å². The van der Waals surface area contributed by atoms with E-state index in [-0.39, 0.29) is 59.9 Å². The van der Waals surface area contributed by atoms with Gasteiger partial charge in [-0.25, -0.2) is 18.4 Å². The van der Waals surface area contributed by atoms with E-state index in [1.807, 2.05) is 76.5 Å². The highest BCUT2D eigenvalue weighted by molar-refractivity contribution is 7.92. The highest BCUT2D eigenvalue weighted by Crippen LogP contribution is 2.37. The van der Waals surface area contributed by atoms with Gasteiger partial charge in [0.15, 0.2) is 5.82 Å². The topological polar surface area (TPSA) is 220 Å². The number of likely N-dealkylation sites (tertiary alicyclic amines) is 2. The smallest absolute Gasteiger partial charge is 0.246 e. The molecule has 72 heavy (non-hydrogen) atoms. The highest BCUT2D eigenvalue weighted by Gasteiger charge is 2.44. The fourth-order valence-electron chi connectivity index (χ4n) is 9.25. The highest BCUT2D eigenvalue weighted by atomic mass is 35.5. The lowest BCUT2D eigenvalue weighted by Gasteiger charge is -2.35. The van der Waals surface area contributed by atoms with Crippen LogP contribution < -0.4 is 30.7 Å². The fraction of sp³-hybridized carbons (Fsp3) is 0.462. The van der Waals surface area contributed by atoms with Gasteiger partial charge in [0.25, 0.3) is 0 Å². The Labute approximate surface area is 432 Å². The van der Waals surface area contributed by atoms with Crippen molar-refractivity contribution in [2.24, 2.45) is 5.41 Å². The van der Waals surface area contributed by atoms with Gasteiger partial charge in [0, 0.05) is 19.4 Å². The lowest BCUT2D eigenvalue weighted by molar-refractivity contribution is -0.144. The van der Waals surface area contributed by atoms with Gasteiger partial charge in [-0.05, 0) is 111 Å². The van der Waals surface area contributed by atoms with Crippen LogP contribution in [0.4, 0.5) is 28.8 Å². The summed E-state index contributed by atoms with van der Waals surface area (Å²) in [4.78, 5) is 59.5. The maximum atomic E-state index is 14.2. The summed E-state index contributed by atoms with van der Waals surface area (Å²) < 4.78 is 32.1. The quantitative estimate of drug-likeness (QED) is 0.0403. The molecule has 7 rings (SSSR count). The third-order valence-electron chi connectivity index (χ3n) is 13.2. The van der Waals surface area contributed by atoms with Gasteiger partial charge < -0.3 is 40.9 Å². The Balaban J connectivity index is 0.844. The summed E-state index contributed by atoms with van der Waals surface area (Å²) in [6.45, 7) is 12.4. The number of hydrogen-bond acceptors (Lipinski definition) is 14. The summed E-state index contributed by atoms with van der Waals surface area (Å²) in [5.41, 5.74) is 6.79. The molecule has 0 saturated carbocycles. The number of para-hydroxylation sites is 2. The van der Waals surface area contributed by atoms with Crippen LogP contribution in [0, 0.1) is 12.3 Å². The number of nitrogens with zero attached hydrogens (tertiary/aromatic N) is 5. The zero-order chi connectivity index (χ0) is 51.7. The number of aliphatic hydroxyl groups excluding tert-OH is 1. The van der Waals surface area contributed by atoms with Crippen LogP contribution in [0.15, 0.2) is 78.4 Å². The van der Waals surface area contributed by atoms with E-state index in [0.29, 0.717) is 35.2 Å². The van der Waals surface area contributed by atoms with Gasteiger partial charge in [-0.2, -0.15) is 4.98 Å². The molecule has 3 amide bonds. The molecule has 2 saturated heterocycles. The van der Waals surface area contributed by atoms with Crippen molar-refractivity contribution in [3.63, 3.8) is 0 Å². The lowest BCUT2D eigenvalue weighted by atomic mass is 9.85. The van der Waals surface area contributed by atoms with Gasteiger partial charge in [-0.1, -0.05) is 81.3 Å². The Kier molecular flexibility index (Phi) is 17.8. The van der Waals surface area contributed by atoms with Crippen molar-refractivity contribution in [3.8, 4) is 16.2 Å². The predicted octanol–water partition coefficient (Wildman–Crippen LogP) is 8.54. The first-order valence-corrected chi connectivity index (χ1v) is 27.5. The zero-order valence-electron chi connectivity index (χ0n) is 42.0. The zero-order valence-corrected chi connectivity index (χ0v) is 44.4. The number of amides is 3. The average molecular weight is 1040 g/mol. The number of anilines is 5. The molecule has 2 aromatic heterocycles. The number of ether oxygens (including phenoxy) is 1. The Morgan fingerprint density at radius 3 is 2.33 bits per heavy atom. The summed E-state index contributed by atoms with van der Waals surface area (Å²) in [7, 11) is -1.90. The monoisotopic (exact) mass is 1040 g/mol. The molecule has 2 aliphatic rings. The Bertz CT molecular complexity index is 2800. The predicted molar refractivity (Wildman–Crippen MR) is 285 cm³/mol. The largest absolute Gasteiger partial charge is 0.495 e. The van der Waals surface area contributed by atoms with Crippen molar-refractivity contribution >= 4 is 79.5 Å². The minimum atomic E-state index is -3.52. The van der Waals surface area contributed by atoms with Crippen LogP contribution in [0.3, 0.4) is 0 Å². The van der Waals surface area contributed by atoms with E-state index in [4.69, 9.17) is 16.3 Å². The van der Waals surface area contributed by atoms with Crippen LogP contribution in [-0.2, 0) is 24.4 Å².